The molecule has 5 nitrogen and oxygen atoms in total. The molecule has 0 spiro atoms. The first-order valence-electron chi connectivity index (χ1n) is 4.52. The van der Waals surface area contributed by atoms with Gasteiger partial charge in [-0.25, -0.2) is 4.79 Å². The molecule has 0 amide bonds. The number of anilines is 1. The van der Waals surface area contributed by atoms with Crippen molar-refractivity contribution in [2.45, 2.75) is 12.6 Å². The number of nitrogens with one attached hydrogen (secondary N) is 1. The molecular formula is C10H11NO4. The first kappa shape index (κ1) is 9.64. The van der Waals surface area contributed by atoms with Crippen molar-refractivity contribution in [1.29, 1.82) is 0 Å². The second-order valence-electron chi connectivity index (χ2n) is 3.24. The van der Waals surface area contributed by atoms with Gasteiger partial charge >= 0.3 is 6.16 Å². The summed E-state index contributed by atoms with van der Waals surface area (Å²) in [6, 6.07) is 5.53. The van der Waals surface area contributed by atoms with Crippen molar-refractivity contribution in [3.05, 3.63) is 23.8 Å². The molecule has 0 fully saturated rings. The minimum atomic E-state index is -1.27. The standard InChI is InChI=1S/C10H11NO4/c1-14-7-2-3-8-6(4-7)5-9(11-8)15-10(12)13/h2-4,9,11H,5H2,1H3,(H,12,13). The molecule has 1 aromatic carbocycles. The van der Waals surface area contributed by atoms with Gasteiger partial charge in [0, 0.05) is 12.1 Å². The molecule has 1 aromatic rings. The van der Waals surface area contributed by atoms with Crippen LogP contribution in [-0.2, 0) is 11.2 Å². The Bertz CT molecular complexity index is 391. The van der Waals surface area contributed by atoms with E-state index in [1.165, 1.54) is 0 Å². The van der Waals surface area contributed by atoms with Crippen LogP contribution in [0, 0.1) is 0 Å². The zero-order valence-electron chi connectivity index (χ0n) is 8.19. The largest absolute Gasteiger partial charge is 0.507 e. The van der Waals surface area contributed by atoms with Gasteiger partial charge in [0.2, 0.25) is 0 Å². The van der Waals surface area contributed by atoms with Gasteiger partial charge in [0.1, 0.15) is 5.75 Å². The molecule has 80 valence electrons. The summed E-state index contributed by atoms with van der Waals surface area (Å²) < 4.78 is 9.70. The van der Waals surface area contributed by atoms with Crippen molar-refractivity contribution in [2.24, 2.45) is 0 Å². The molecule has 2 N–H and O–H groups in total. The molecule has 1 heterocycles. The quantitative estimate of drug-likeness (QED) is 0.725. The highest BCUT2D eigenvalue weighted by atomic mass is 16.7. The first-order chi connectivity index (χ1) is 7.19. The third kappa shape index (κ3) is 1.96. The fourth-order valence-electron chi connectivity index (χ4n) is 1.62. The van der Waals surface area contributed by atoms with Gasteiger partial charge in [-0.3, -0.25) is 0 Å². The second-order valence-corrected chi connectivity index (χ2v) is 3.24. The van der Waals surface area contributed by atoms with E-state index in [0.717, 1.165) is 17.0 Å². The lowest BCUT2D eigenvalue weighted by Gasteiger charge is -2.08. The van der Waals surface area contributed by atoms with E-state index in [1.807, 2.05) is 18.2 Å². The van der Waals surface area contributed by atoms with Gasteiger partial charge in [0.25, 0.3) is 0 Å². The van der Waals surface area contributed by atoms with E-state index in [2.05, 4.69) is 10.1 Å². The maximum Gasteiger partial charge on any atom is 0.507 e. The maximum absolute atomic E-state index is 10.3. The van der Waals surface area contributed by atoms with Gasteiger partial charge in [-0.05, 0) is 23.8 Å². The molecule has 0 bridgehead atoms. The Morgan fingerprint density at radius 2 is 2.40 bits per heavy atom. The van der Waals surface area contributed by atoms with Crippen LogP contribution in [0.5, 0.6) is 5.75 Å². The van der Waals surface area contributed by atoms with Crippen LogP contribution in [0.25, 0.3) is 0 Å². The third-order valence-electron chi connectivity index (χ3n) is 2.28. The average Bonchev–Trinajstić information content (AvgIpc) is 2.57. The summed E-state index contributed by atoms with van der Waals surface area (Å²) in [6.45, 7) is 0. The monoisotopic (exact) mass is 209 g/mol. The van der Waals surface area contributed by atoms with Crippen molar-refractivity contribution >= 4 is 11.8 Å². The number of hydrogen-bond acceptors (Lipinski definition) is 4. The number of hydrogen-bond donors (Lipinski definition) is 2. The van der Waals surface area contributed by atoms with Crippen LogP contribution < -0.4 is 10.1 Å². The second kappa shape index (κ2) is 3.68. The highest BCUT2D eigenvalue weighted by Crippen LogP contribution is 2.29. The Morgan fingerprint density at radius 3 is 3.07 bits per heavy atom. The molecule has 1 aliphatic rings. The number of carboxylic acid groups (broad SMARTS) is 1. The Labute approximate surface area is 86.6 Å². The van der Waals surface area contributed by atoms with E-state index < -0.39 is 12.4 Å². The number of ether oxygens (including phenoxy) is 2. The molecule has 0 radical (unpaired) electrons. The summed E-state index contributed by atoms with van der Waals surface area (Å²) in [5, 5.41) is 11.4. The van der Waals surface area contributed by atoms with Crippen LogP contribution in [0.1, 0.15) is 5.56 Å². The minimum Gasteiger partial charge on any atom is -0.497 e. The summed E-state index contributed by atoms with van der Waals surface area (Å²) in [5.74, 6) is 0.756. The Balaban J connectivity index is 2.13. The third-order valence-corrected chi connectivity index (χ3v) is 2.28. The van der Waals surface area contributed by atoms with E-state index in [1.54, 1.807) is 7.11 Å². The van der Waals surface area contributed by atoms with E-state index in [-0.39, 0.29) is 0 Å². The summed E-state index contributed by atoms with van der Waals surface area (Å²) >= 11 is 0. The molecule has 0 aliphatic carbocycles. The van der Waals surface area contributed by atoms with Gasteiger partial charge in [0.05, 0.1) is 7.11 Å². The predicted molar refractivity (Wildman–Crippen MR) is 53.2 cm³/mol. The van der Waals surface area contributed by atoms with Crippen LogP contribution in [0.3, 0.4) is 0 Å². The van der Waals surface area contributed by atoms with E-state index in [0.29, 0.717) is 6.42 Å². The zero-order valence-corrected chi connectivity index (χ0v) is 8.19. The molecule has 0 saturated heterocycles. The highest BCUT2D eigenvalue weighted by Gasteiger charge is 2.23. The van der Waals surface area contributed by atoms with Crippen LogP contribution in [0.4, 0.5) is 10.5 Å². The summed E-state index contributed by atoms with van der Waals surface area (Å²) in [5.41, 5.74) is 1.89. The average molecular weight is 209 g/mol. The Morgan fingerprint density at radius 1 is 1.60 bits per heavy atom. The fourth-order valence-corrected chi connectivity index (χ4v) is 1.62. The Hall–Kier alpha value is -1.91. The topological polar surface area (TPSA) is 67.8 Å². The minimum absolute atomic E-state index is 0.496. The molecular weight excluding hydrogens is 198 g/mol. The number of rotatable bonds is 2. The molecule has 15 heavy (non-hydrogen) atoms. The van der Waals surface area contributed by atoms with Crippen molar-refractivity contribution in [3.63, 3.8) is 0 Å². The lowest BCUT2D eigenvalue weighted by atomic mass is 10.1. The van der Waals surface area contributed by atoms with Crippen molar-refractivity contribution < 1.29 is 19.4 Å². The summed E-state index contributed by atoms with van der Waals surface area (Å²) in [7, 11) is 1.59. The van der Waals surface area contributed by atoms with Crippen LogP contribution in [0.15, 0.2) is 18.2 Å². The molecule has 0 saturated carbocycles. The number of methoxy groups -OCH3 is 1. The molecule has 5 heteroatoms. The Kier molecular flexibility index (Phi) is 2.37. The summed E-state index contributed by atoms with van der Waals surface area (Å²) in [6.07, 6.45) is -1.24. The van der Waals surface area contributed by atoms with Crippen LogP contribution >= 0.6 is 0 Å². The van der Waals surface area contributed by atoms with Gasteiger partial charge in [-0.1, -0.05) is 0 Å². The first-order valence-corrected chi connectivity index (χ1v) is 4.52. The van der Waals surface area contributed by atoms with Gasteiger partial charge in [-0.15, -0.1) is 0 Å². The smallest absolute Gasteiger partial charge is 0.497 e. The molecule has 2 rings (SSSR count). The van der Waals surface area contributed by atoms with Crippen LogP contribution in [0.2, 0.25) is 0 Å². The number of fused-ring (bicyclic) bond motifs is 1. The van der Waals surface area contributed by atoms with Crippen molar-refractivity contribution in [3.8, 4) is 5.75 Å². The van der Waals surface area contributed by atoms with E-state index >= 15 is 0 Å². The fraction of sp³-hybridized carbons (Fsp3) is 0.300. The lowest BCUT2D eigenvalue weighted by Crippen LogP contribution is -2.22. The maximum atomic E-state index is 10.3. The summed E-state index contributed by atoms with van der Waals surface area (Å²) in [4.78, 5) is 10.3. The molecule has 1 aliphatic heterocycles. The van der Waals surface area contributed by atoms with Crippen molar-refractivity contribution in [2.75, 3.05) is 12.4 Å². The predicted octanol–water partition coefficient (Wildman–Crippen LogP) is 1.68. The SMILES string of the molecule is COc1ccc2c(c1)CC(OC(=O)O)N2. The highest BCUT2D eigenvalue weighted by molar-refractivity contribution is 5.62. The number of carbonyl (C=O) groups is 1. The van der Waals surface area contributed by atoms with Gasteiger partial charge in [0.15, 0.2) is 6.23 Å². The molecule has 1 atom stereocenters. The number of benzene rings is 1. The zero-order chi connectivity index (χ0) is 10.8. The molecule has 1 unspecified atom stereocenters. The normalized spacial score (nSPS) is 17.8. The van der Waals surface area contributed by atoms with Crippen LogP contribution in [-0.4, -0.2) is 24.6 Å². The van der Waals surface area contributed by atoms with E-state index in [9.17, 15) is 4.79 Å². The van der Waals surface area contributed by atoms with Gasteiger partial charge in [-0.2, -0.15) is 0 Å². The van der Waals surface area contributed by atoms with Gasteiger partial charge < -0.3 is 19.9 Å². The lowest BCUT2D eigenvalue weighted by molar-refractivity contribution is 0.0651. The molecule has 0 aromatic heterocycles. The van der Waals surface area contributed by atoms with Crippen molar-refractivity contribution in [1.82, 2.24) is 0 Å². The van der Waals surface area contributed by atoms with E-state index in [4.69, 9.17) is 9.84 Å².